The lowest BCUT2D eigenvalue weighted by Gasteiger charge is -2.22. The smallest absolute Gasteiger partial charge is 0.197 e. The summed E-state index contributed by atoms with van der Waals surface area (Å²) in [5.74, 6) is 0. The highest BCUT2D eigenvalue weighted by atomic mass is 16.3. The van der Waals surface area contributed by atoms with Crippen molar-refractivity contribution in [3.8, 4) is 0 Å². The van der Waals surface area contributed by atoms with E-state index in [0.717, 1.165) is 25.1 Å². The van der Waals surface area contributed by atoms with Gasteiger partial charge in [-0.1, -0.05) is 12.1 Å². The molecule has 7 nitrogen and oxygen atoms in total. The van der Waals surface area contributed by atoms with Gasteiger partial charge in [0.05, 0.1) is 24.5 Å². The Morgan fingerprint density at radius 2 is 1.97 bits per heavy atom. The molecule has 0 N–H and O–H groups in total. The van der Waals surface area contributed by atoms with E-state index in [-0.39, 0.29) is 5.43 Å². The van der Waals surface area contributed by atoms with Gasteiger partial charge in [0.15, 0.2) is 11.1 Å². The van der Waals surface area contributed by atoms with Crippen molar-refractivity contribution in [3.05, 3.63) is 100 Å². The molecule has 0 saturated carbocycles. The first-order chi connectivity index (χ1) is 14.7. The summed E-state index contributed by atoms with van der Waals surface area (Å²) >= 11 is 0. The van der Waals surface area contributed by atoms with Gasteiger partial charge in [-0.3, -0.25) is 14.7 Å². The molecule has 3 aromatic heterocycles. The Labute approximate surface area is 174 Å². The Morgan fingerprint density at radius 3 is 2.73 bits per heavy atom. The lowest BCUT2D eigenvalue weighted by Crippen LogP contribution is -2.27. The van der Waals surface area contributed by atoms with Crippen molar-refractivity contribution < 1.29 is 4.42 Å². The van der Waals surface area contributed by atoms with Crippen LogP contribution in [0.1, 0.15) is 17.5 Å². The van der Waals surface area contributed by atoms with Gasteiger partial charge >= 0.3 is 0 Å². The summed E-state index contributed by atoms with van der Waals surface area (Å²) in [5.41, 5.74) is 2.59. The van der Waals surface area contributed by atoms with Crippen LogP contribution in [-0.4, -0.2) is 26.0 Å². The van der Waals surface area contributed by atoms with Crippen molar-refractivity contribution in [2.24, 2.45) is 0 Å². The molecule has 0 aliphatic rings. The topological polar surface area (TPSA) is 68.5 Å². The molecule has 0 radical (unpaired) electrons. The highest BCUT2D eigenvalue weighted by Crippen LogP contribution is 2.20. The quantitative estimate of drug-likeness (QED) is 0.419. The fourth-order valence-corrected chi connectivity index (χ4v) is 3.43. The van der Waals surface area contributed by atoms with Crippen LogP contribution in [0, 0.1) is 6.57 Å². The SMILES string of the molecule is [C-]#[N+]c1ccc2c(=O)c(CN(CCCn3ccnc3)Cc3ccncc3)coc2c1. The molecule has 0 aliphatic carbocycles. The van der Waals surface area contributed by atoms with Crippen LogP contribution in [0.2, 0.25) is 0 Å². The summed E-state index contributed by atoms with van der Waals surface area (Å²) in [6.07, 6.45) is 11.5. The fraction of sp³-hybridized carbons (Fsp3) is 0.217. The number of nitrogens with zero attached hydrogens (tertiary/aromatic N) is 5. The molecule has 0 unspecified atom stereocenters. The molecule has 0 atom stereocenters. The van der Waals surface area contributed by atoms with E-state index in [1.165, 1.54) is 6.26 Å². The molecule has 0 amide bonds. The maximum Gasteiger partial charge on any atom is 0.197 e. The van der Waals surface area contributed by atoms with Crippen LogP contribution in [0.3, 0.4) is 0 Å². The van der Waals surface area contributed by atoms with Crippen molar-refractivity contribution >= 4 is 16.7 Å². The molecule has 0 aliphatic heterocycles. The Hall–Kier alpha value is -3.76. The third kappa shape index (κ3) is 4.62. The largest absolute Gasteiger partial charge is 0.465 e. The third-order valence-electron chi connectivity index (χ3n) is 4.96. The van der Waals surface area contributed by atoms with Gasteiger partial charge in [-0.2, -0.15) is 0 Å². The monoisotopic (exact) mass is 399 g/mol. The summed E-state index contributed by atoms with van der Waals surface area (Å²) in [6.45, 7) is 9.98. The van der Waals surface area contributed by atoms with Crippen LogP contribution in [0.4, 0.5) is 5.69 Å². The molecule has 7 heteroatoms. The normalized spacial score (nSPS) is 11.1. The molecule has 0 bridgehead atoms. The predicted molar refractivity (Wildman–Crippen MR) is 114 cm³/mol. The van der Waals surface area contributed by atoms with E-state index in [2.05, 4.69) is 19.7 Å². The number of aromatic nitrogens is 3. The second kappa shape index (κ2) is 9.16. The zero-order chi connectivity index (χ0) is 20.8. The van der Waals surface area contributed by atoms with E-state index in [4.69, 9.17) is 11.0 Å². The first-order valence-corrected chi connectivity index (χ1v) is 9.72. The van der Waals surface area contributed by atoms with Crippen molar-refractivity contribution in [1.29, 1.82) is 0 Å². The van der Waals surface area contributed by atoms with Crippen LogP contribution in [-0.2, 0) is 19.6 Å². The Bertz CT molecular complexity index is 1210. The van der Waals surface area contributed by atoms with E-state index in [0.29, 0.717) is 35.3 Å². The van der Waals surface area contributed by atoms with E-state index < -0.39 is 0 Å². The molecule has 0 fully saturated rings. The van der Waals surface area contributed by atoms with Crippen molar-refractivity contribution in [3.63, 3.8) is 0 Å². The number of benzene rings is 1. The van der Waals surface area contributed by atoms with Gasteiger partial charge in [0.1, 0.15) is 5.58 Å². The number of pyridine rings is 1. The fourth-order valence-electron chi connectivity index (χ4n) is 3.43. The van der Waals surface area contributed by atoms with Crippen molar-refractivity contribution in [1.82, 2.24) is 19.4 Å². The van der Waals surface area contributed by atoms with E-state index in [9.17, 15) is 4.79 Å². The molecule has 3 heterocycles. The van der Waals surface area contributed by atoms with Crippen LogP contribution in [0.25, 0.3) is 15.8 Å². The molecular weight excluding hydrogens is 378 g/mol. The Balaban J connectivity index is 1.54. The lowest BCUT2D eigenvalue weighted by molar-refractivity contribution is 0.246. The van der Waals surface area contributed by atoms with Gasteiger partial charge in [-0.15, -0.1) is 0 Å². The van der Waals surface area contributed by atoms with Crippen molar-refractivity contribution in [2.45, 2.75) is 26.1 Å². The summed E-state index contributed by atoms with van der Waals surface area (Å²) < 4.78 is 7.73. The highest BCUT2D eigenvalue weighted by Gasteiger charge is 2.13. The van der Waals surface area contributed by atoms with Crippen LogP contribution in [0.5, 0.6) is 0 Å². The summed E-state index contributed by atoms with van der Waals surface area (Å²) in [7, 11) is 0. The average Bonchev–Trinajstić information content (AvgIpc) is 3.29. The average molecular weight is 399 g/mol. The second-order valence-electron chi connectivity index (χ2n) is 7.10. The molecule has 150 valence electrons. The number of hydrogen-bond acceptors (Lipinski definition) is 5. The predicted octanol–water partition coefficient (Wildman–Crippen LogP) is 4.03. The van der Waals surface area contributed by atoms with Gasteiger partial charge in [-0.25, -0.2) is 9.83 Å². The maximum atomic E-state index is 13.0. The first-order valence-electron chi connectivity index (χ1n) is 9.72. The zero-order valence-corrected chi connectivity index (χ0v) is 16.4. The second-order valence-corrected chi connectivity index (χ2v) is 7.10. The standard InChI is InChI=1S/C23H21N5O2/c1-24-20-3-4-21-22(13-20)30-16-19(23(21)29)15-28(14-18-5-7-25-8-6-18)11-2-10-27-12-9-26-17-27/h3-9,12-13,16-17H,2,10-11,14-15H2. The van der Waals surface area contributed by atoms with Crippen LogP contribution >= 0.6 is 0 Å². The van der Waals surface area contributed by atoms with E-state index >= 15 is 0 Å². The summed E-state index contributed by atoms with van der Waals surface area (Å²) in [5, 5.41) is 0.502. The van der Waals surface area contributed by atoms with Gasteiger partial charge in [0.25, 0.3) is 0 Å². The lowest BCUT2D eigenvalue weighted by atomic mass is 10.1. The van der Waals surface area contributed by atoms with Crippen LogP contribution in [0.15, 0.2) is 76.9 Å². The molecular formula is C23H21N5O2. The Kier molecular flexibility index (Phi) is 5.97. The number of fused-ring (bicyclic) bond motifs is 1. The molecule has 0 spiro atoms. The molecule has 1 aromatic carbocycles. The zero-order valence-electron chi connectivity index (χ0n) is 16.4. The number of rotatable bonds is 8. The van der Waals surface area contributed by atoms with Gasteiger partial charge in [0.2, 0.25) is 0 Å². The number of aryl methyl sites for hydroxylation is 1. The molecule has 4 rings (SSSR count). The third-order valence-corrected chi connectivity index (χ3v) is 4.96. The van der Waals surface area contributed by atoms with Gasteiger partial charge in [0, 0.05) is 56.5 Å². The minimum absolute atomic E-state index is 0.0536. The molecule has 0 saturated heterocycles. The van der Waals surface area contributed by atoms with E-state index in [1.54, 1.807) is 36.8 Å². The van der Waals surface area contributed by atoms with Gasteiger partial charge < -0.3 is 8.98 Å². The van der Waals surface area contributed by atoms with Crippen LogP contribution < -0.4 is 5.43 Å². The molecule has 30 heavy (non-hydrogen) atoms. The Morgan fingerprint density at radius 1 is 1.10 bits per heavy atom. The summed E-state index contributed by atoms with van der Waals surface area (Å²) in [6, 6.07) is 8.89. The maximum absolute atomic E-state index is 13.0. The van der Waals surface area contributed by atoms with E-state index in [1.807, 2.05) is 29.2 Å². The minimum Gasteiger partial charge on any atom is -0.465 e. The minimum atomic E-state index is -0.0536. The molecule has 4 aromatic rings. The highest BCUT2D eigenvalue weighted by molar-refractivity contribution is 5.80. The first kappa shape index (κ1) is 19.6. The van der Waals surface area contributed by atoms with Crippen molar-refractivity contribution in [2.75, 3.05) is 6.54 Å². The number of hydrogen-bond donors (Lipinski definition) is 0. The van der Waals surface area contributed by atoms with Gasteiger partial charge in [-0.05, 0) is 30.2 Å². The summed E-state index contributed by atoms with van der Waals surface area (Å²) in [4.78, 5) is 26.8. The number of imidazole rings is 1.